The number of hydrogen-bond acceptors (Lipinski definition) is 5. The number of aromatic nitrogens is 1. The van der Waals surface area contributed by atoms with Crippen LogP contribution in [0.15, 0.2) is 34.4 Å². The second-order valence-electron chi connectivity index (χ2n) is 4.88. The Bertz CT molecular complexity index is 542. The number of hydrogen-bond donors (Lipinski definition) is 3. The maximum Gasteiger partial charge on any atom is 0.315 e. The summed E-state index contributed by atoms with van der Waals surface area (Å²) in [4.78, 5) is 16.0. The molecule has 3 N–H and O–H groups in total. The van der Waals surface area contributed by atoms with E-state index in [0.717, 1.165) is 5.01 Å². The number of amides is 2. The highest BCUT2D eigenvalue weighted by atomic mass is 32.1. The van der Waals surface area contributed by atoms with Gasteiger partial charge in [-0.1, -0.05) is 0 Å². The lowest BCUT2D eigenvalue weighted by Crippen LogP contribution is -2.42. The minimum absolute atomic E-state index is 0.146. The fourth-order valence-electron chi connectivity index (χ4n) is 1.96. The van der Waals surface area contributed by atoms with Gasteiger partial charge in [-0.15, -0.1) is 11.3 Å². The molecule has 0 aromatic carbocycles. The molecule has 2 aromatic rings. The molecule has 6 nitrogen and oxygen atoms in total. The maximum atomic E-state index is 11.9. The molecule has 0 aliphatic heterocycles. The first-order valence-electron chi connectivity index (χ1n) is 6.74. The van der Waals surface area contributed by atoms with Crippen LogP contribution in [0.5, 0.6) is 0 Å². The molecule has 21 heavy (non-hydrogen) atoms. The molecule has 0 spiro atoms. The summed E-state index contributed by atoms with van der Waals surface area (Å²) in [7, 11) is 0. The highest BCUT2D eigenvalue weighted by Crippen LogP contribution is 2.18. The molecule has 0 unspecified atom stereocenters. The predicted octanol–water partition coefficient (Wildman–Crippen LogP) is 2.61. The van der Waals surface area contributed by atoms with Crippen molar-refractivity contribution in [2.75, 3.05) is 0 Å². The van der Waals surface area contributed by atoms with Crippen LogP contribution in [0.1, 0.15) is 43.2 Å². The first-order valence-corrected chi connectivity index (χ1v) is 7.62. The molecule has 2 rings (SSSR count). The summed E-state index contributed by atoms with van der Waals surface area (Å²) in [6.07, 6.45) is 2.87. The first-order chi connectivity index (χ1) is 10.1. The van der Waals surface area contributed by atoms with E-state index in [1.807, 2.05) is 19.2 Å². The molecule has 0 fully saturated rings. The fraction of sp³-hybridized carbons (Fsp3) is 0.429. The van der Waals surface area contributed by atoms with Gasteiger partial charge in [0.15, 0.2) is 0 Å². The fourth-order valence-corrected chi connectivity index (χ4v) is 2.61. The van der Waals surface area contributed by atoms with Gasteiger partial charge in [0.2, 0.25) is 0 Å². The molecule has 0 radical (unpaired) electrons. The molecule has 0 saturated heterocycles. The van der Waals surface area contributed by atoms with Crippen LogP contribution >= 0.6 is 11.3 Å². The van der Waals surface area contributed by atoms with Crippen molar-refractivity contribution in [1.82, 2.24) is 15.6 Å². The second kappa shape index (κ2) is 7.24. The minimum atomic E-state index is -0.730. The van der Waals surface area contributed by atoms with Crippen molar-refractivity contribution in [2.45, 2.75) is 38.5 Å². The number of urea groups is 1. The molecule has 0 aliphatic rings. The van der Waals surface area contributed by atoms with E-state index in [1.54, 1.807) is 18.3 Å². The van der Waals surface area contributed by atoms with Crippen LogP contribution < -0.4 is 10.6 Å². The molecule has 3 atom stereocenters. The number of nitrogens with zero attached hydrogens (tertiary/aromatic N) is 1. The Morgan fingerprint density at radius 2 is 2.29 bits per heavy atom. The van der Waals surface area contributed by atoms with Gasteiger partial charge in [0.05, 0.1) is 12.3 Å². The summed E-state index contributed by atoms with van der Waals surface area (Å²) in [6, 6.07) is 2.82. The molecule has 114 valence electrons. The molecule has 7 heteroatoms. The Hall–Kier alpha value is -1.86. The van der Waals surface area contributed by atoms with Gasteiger partial charge in [-0.2, -0.15) is 0 Å². The summed E-state index contributed by atoms with van der Waals surface area (Å²) in [5, 5.41) is 18.3. The van der Waals surface area contributed by atoms with E-state index in [2.05, 4.69) is 15.6 Å². The summed E-state index contributed by atoms with van der Waals surface area (Å²) < 4.78 is 5.13. The van der Waals surface area contributed by atoms with Crippen LogP contribution in [0, 0.1) is 0 Å². The van der Waals surface area contributed by atoms with Crippen molar-refractivity contribution < 1.29 is 14.3 Å². The van der Waals surface area contributed by atoms with E-state index >= 15 is 0 Å². The van der Waals surface area contributed by atoms with Crippen LogP contribution in [0.2, 0.25) is 0 Å². The quantitative estimate of drug-likeness (QED) is 0.765. The first kappa shape index (κ1) is 15.5. The van der Waals surface area contributed by atoms with Gasteiger partial charge in [-0.05, 0) is 26.0 Å². The molecule has 2 amide bonds. The summed E-state index contributed by atoms with van der Waals surface area (Å²) in [5.74, 6) is 0.500. The Balaban J connectivity index is 1.77. The summed E-state index contributed by atoms with van der Waals surface area (Å²) >= 11 is 1.49. The van der Waals surface area contributed by atoms with E-state index in [4.69, 9.17) is 4.42 Å². The van der Waals surface area contributed by atoms with Gasteiger partial charge in [0.1, 0.15) is 16.9 Å². The number of rotatable bonds is 6. The summed E-state index contributed by atoms with van der Waals surface area (Å²) in [6.45, 7) is 3.71. The van der Waals surface area contributed by atoms with Crippen molar-refractivity contribution in [2.24, 2.45) is 0 Å². The average molecular weight is 309 g/mol. The standard InChI is InChI=1S/C14H19N3O3S/c1-9(8-11(18)12-4-3-6-20-12)16-14(19)17-10(2)13-15-5-7-21-13/h3-7,9-11,18H,8H2,1-2H3,(H2,16,17,19)/t9-,10+,11-/m1/s1. The molecular formula is C14H19N3O3S. The maximum absolute atomic E-state index is 11.9. The number of carbonyl (C=O) groups is 1. The van der Waals surface area contributed by atoms with Gasteiger partial charge < -0.3 is 20.2 Å². The third-order valence-electron chi connectivity index (χ3n) is 3.00. The predicted molar refractivity (Wildman–Crippen MR) is 79.9 cm³/mol. The van der Waals surface area contributed by atoms with Crippen molar-refractivity contribution in [1.29, 1.82) is 0 Å². The Morgan fingerprint density at radius 3 is 2.90 bits per heavy atom. The summed E-state index contributed by atoms with van der Waals surface area (Å²) in [5.41, 5.74) is 0. The van der Waals surface area contributed by atoms with Crippen molar-refractivity contribution in [3.05, 3.63) is 40.7 Å². The number of thiazole rings is 1. The highest BCUT2D eigenvalue weighted by molar-refractivity contribution is 7.09. The zero-order valence-corrected chi connectivity index (χ0v) is 12.8. The number of aliphatic hydroxyl groups is 1. The third-order valence-corrected chi connectivity index (χ3v) is 3.95. The molecule has 0 bridgehead atoms. The molecule has 0 saturated carbocycles. The van der Waals surface area contributed by atoms with E-state index in [9.17, 15) is 9.90 Å². The highest BCUT2D eigenvalue weighted by Gasteiger charge is 2.17. The van der Waals surface area contributed by atoms with E-state index in [1.165, 1.54) is 17.6 Å². The Kier molecular flexibility index (Phi) is 5.35. The van der Waals surface area contributed by atoms with Crippen LogP contribution in [0.4, 0.5) is 4.79 Å². The largest absolute Gasteiger partial charge is 0.467 e. The van der Waals surface area contributed by atoms with Gasteiger partial charge in [-0.25, -0.2) is 9.78 Å². The normalized spacial score (nSPS) is 15.2. The van der Waals surface area contributed by atoms with Crippen LogP contribution in [-0.2, 0) is 0 Å². The molecule has 2 heterocycles. The lowest BCUT2D eigenvalue weighted by atomic mass is 10.1. The molecule has 2 aromatic heterocycles. The lowest BCUT2D eigenvalue weighted by molar-refractivity contribution is 0.129. The minimum Gasteiger partial charge on any atom is -0.467 e. The van der Waals surface area contributed by atoms with Gasteiger partial charge in [0, 0.05) is 24.0 Å². The smallest absolute Gasteiger partial charge is 0.315 e. The molecule has 0 aliphatic carbocycles. The number of furan rings is 1. The van der Waals surface area contributed by atoms with Crippen molar-refractivity contribution in [3.63, 3.8) is 0 Å². The monoisotopic (exact) mass is 309 g/mol. The third kappa shape index (κ3) is 4.57. The Labute approximate surface area is 127 Å². The van der Waals surface area contributed by atoms with E-state index in [0.29, 0.717) is 12.2 Å². The van der Waals surface area contributed by atoms with Crippen molar-refractivity contribution >= 4 is 17.4 Å². The van der Waals surface area contributed by atoms with Gasteiger partial charge >= 0.3 is 6.03 Å². The molecular weight excluding hydrogens is 290 g/mol. The van der Waals surface area contributed by atoms with E-state index in [-0.39, 0.29) is 18.1 Å². The van der Waals surface area contributed by atoms with Crippen molar-refractivity contribution in [3.8, 4) is 0 Å². The van der Waals surface area contributed by atoms with E-state index < -0.39 is 6.10 Å². The van der Waals surface area contributed by atoms with Gasteiger partial charge in [0.25, 0.3) is 0 Å². The average Bonchev–Trinajstić information content (AvgIpc) is 3.12. The number of carbonyl (C=O) groups excluding carboxylic acids is 1. The second-order valence-corrected chi connectivity index (χ2v) is 5.80. The SMILES string of the molecule is C[C@H](C[C@@H](O)c1ccco1)NC(=O)N[C@@H](C)c1nccs1. The topological polar surface area (TPSA) is 87.4 Å². The van der Waals surface area contributed by atoms with Gasteiger partial charge in [-0.3, -0.25) is 0 Å². The lowest BCUT2D eigenvalue weighted by Gasteiger charge is -2.18. The van der Waals surface area contributed by atoms with Crippen LogP contribution in [0.25, 0.3) is 0 Å². The Morgan fingerprint density at radius 1 is 1.48 bits per heavy atom. The van der Waals surface area contributed by atoms with Crippen LogP contribution in [0.3, 0.4) is 0 Å². The number of aliphatic hydroxyl groups excluding tert-OH is 1. The number of nitrogens with one attached hydrogen (secondary N) is 2. The zero-order chi connectivity index (χ0) is 15.2. The zero-order valence-electron chi connectivity index (χ0n) is 11.9. The van der Waals surface area contributed by atoms with Crippen LogP contribution in [-0.4, -0.2) is 22.2 Å².